The summed E-state index contributed by atoms with van der Waals surface area (Å²) in [7, 11) is 1.90. The fourth-order valence-electron chi connectivity index (χ4n) is 3.35. The maximum absolute atomic E-state index is 13.0. The number of aromatic nitrogens is 6. The normalized spacial score (nSPS) is 11.1. The first-order valence-corrected chi connectivity index (χ1v) is 10.2. The van der Waals surface area contributed by atoms with E-state index < -0.39 is 0 Å². The standard InChI is InChI=1S/C23H25N7O/c1-15(2)22-26-27-28-30(22)21-10-18(17-7-5-16(3)6-8-17)9-19(11-21)23(31)24-12-20-13-29(4)14-25-20/h5-11,13-15H,12H2,1-4H3,(H,24,31). The van der Waals surface area contributed by atoms with E-state index in [1.807, 2.05) is 68.9 Å². The fraction of sp³-hybridized carbons (Fsp3) is 0.261. The summed E-state index contributed by atoms with van der Waals surface area (Å²) in [5, 5.41) is 15.1. The molecule has 158 valence electrons. The van der Waals surface area contributed by atoms with E-state index in [1.54, 1.807) is 11.0 Å². The molecule has 0 spiro atoms. The molecule has 0 saturated heterocycles. The Morgan fingerprint density at radius 1 is 1.10 bits per heavy atom. The molecule has 0 bridgehead atoms. The summed E-state index contributed by atoms with van der Waals surface area (Å²) in [6, 6.07) is 13.9. The van der Waals surface area contributed by atoms with Gasteiger partial charge in [-0.25, -0.2) is 4.98 Å². The predicted octanol–water partition coefficient (Wildman–Crippen LogP) is 3.42. The Morgan fingerprint density at radius 2 is 1.87 bits per heavy atom. The number of hydrogen-bond acceptors (Lipinski definition) is 5. The fourth-order valence-corrected chi connectivity index (χ4v) is 3.35. The summed E-state index contributed by atoms with van der Waals surface area (Å²) in [4.78, 5) is 17.3. The molecule has 0 saturated carbocycles. The van der Waals surface area contributed by atoms with E-state index in [2.05, 4.69) is 38.0 Å². The van der Waals surface area contributed by atoms with Crippen molar-refractivity contribution in [1.29, 1.82) is 0 Å². The molecule has 4 aromatic rings. The van der Waals surface area contributed by atoms with Gasteiger partial charge in [-0.05, 0) is 46.7 Å². The quantitative estimate of drug-likeness (QED) is 0.521. The van der Waals surface area contributed by atoms with E-state index in [1.165, 1.54) is 5.56 Å². The summed E-state index contributed by atoms with van der Waals surface area (Å²) >= 11 is 0. The third kappa shape index (κ3) is 4.53. The zero-order valence-electron chi connectivity index (χ0n) is 18.1. The largest absolute Gasteiger partial charge is 0.346 e. The second kappa shape index (κ2) is 8.51. The van der Waals surface area contributed by atoms with Crippen molar-refractivity contribution in [3.63, 3.8) is 0 Å². The Morgan fingerprint density at radius 3 is 2.55 bits per heavy atom. The Kier molecular flexibility index (Phi) is 5.62. The second-order valence-electron chi connectivity index (χ2n) is 7.95. The number of aryl methyl sites for hydroxylation is 2. The van der Waals surface area contributed by atoms with Gasteiger partial charge in [0.05, 0.1) is 24.3 Å². The number of nitrogens with zero attached hydrogens (tertiary/aromatic N) is 6. The van der Waals surface area contributed by atoms with E-state index in [-0.39, 0.29) is 11.8 Å². The molecule has 1 amide bonds. The minimum Gasteiger partial charge on any atom is -0.346 e. The first-order chi connectivity index (χ1) is 14.9. The molecule has 0 unspecified atom stereocenters. The molecule has 0 radical (unpaired) electrons. The molecule has 2 aromatic heterocycles. The zero-order valence-corrected chi connectivity index (χ0v) is 18.1. The van der Waals surface area contributed by atoms with Crippen LogP contribution in [0.2, 0.25) is 0 Å². The van der Waals surface area contributed by atoms with E-state index >= 15 is 0 Å². The van der Waals surface area contributed by atoms with Crippen LogP contribution in [0.1, 0.15) is 47.2 Å². The molecule has 8 nitrogen and oxygen atoms in total. The number of amides is 1. The topological polar surface area (TPSA) is 90.5 Å². The Labute approximate surface area is 180 Å². The highest BCUT2D eigenvalue weighted by Crippen LogP contribution is 2.26. The average Bonchev–Trinajstić information content (AvgIpc) is 3.41. The highest BCUT2D eigenvalue weighted by Gasteiger charge is 2.16. The third-order valence-corrected chi connectivity index (χ3v) is 5.01. The molecule has 4 rings (SSSR count). The van der Waals surface area contributed by atoms with Crippen LogP contribution in [0, 0.1) is 6.92 Å². The lowest BCUT2D eigenvalue weighted by Gasteiger charge is -2.12. The van der Waals surface area contributed by atoms with Gasteiger partial charge in [-0.2, -0.15) is 4.68 Å². The highest BCUT2D eigenvalue weighted by atomic mass is 16.1. The van der Waals surface area contributed by atoms with Crippen molar-refractivity contribution in [3.05, 3.63) is 77.6 Å². The van der Waals surface area contributed by atoms with Gasteiger partial charge in [0.1, 0.15) is 0 Å². The second-order valence-corrected chi connectivity index (χ2v) is 7.95. The summed E-state index contributed by atoms with van der Waals surface area (Å²) in [6.07, 6.45) is 3.59. The van der Waals surface area contributed by atoms with Gasteiger partial charge in [0.2, 0.25) is 0 Å². The van der Waals surface area contributed by atoms with Gasteiger partial charge in [0.15, 0.2) is 5.82 Å². The van der Waals surface area contributed by atoms with Crippen LogP contribution in [0.25, 0.3) is 16.8 Å². The SMILES string of the molecule is Cc1ccc(-c2cc(C(=O)NCc3cn(C)cn3)cc(-n3nnnc3C(C)C)c2)cc1. The molecule has 2 heterocycles. The van der Waals surface area contributed by atoms with Crippen LogP contribution in [0.4, 0.5) is 0 Å². The maximum Gasteiger partial charge on any atom is 0.251 e. The molecular weight excluding hydrogens is 390 g/mol. The van der Waals surface area contributed by atoms with Gasteiger partial charge in [0.25, 0.3) is 5.91 Å². The van der Waals surface area contributed by atoms with E-state index in [0.717, 1.165) is 28.3 Å². The Bertz CT molecular complexity index is 1200. The minimum atomic E-state index is -0.181. The van der Waals surface area contributed by atoms with E-state index in [4.69, 9.17) is 0 Å². The van der Waals surface area contributed by atoms with Crippen molar-refractivity contribution in [2.24, 2.45) is 7.05 Å². The van der Waals surface area contributed by atoms with Crippen LogP contribution in [-0.2, 0) is 13.6 Å². The number of hydrogen-bond donors (Lipinski definition) is 1. The predicted molar refractivity (Wildman–Crippen MR) is 118 cm³/mol. The van der Waals surface area contributed by atoms with Gasteiger partial charge in [-0.15, -0.1) is 5.10 Å². The number of benzene rings is 2. The first-order valence-electron chi connectivity index (χ1n) is 10.2. The molecule has 0 atom stereocenters. The van der Waals surface area contributed by atoms with Gasteiger partial charge in [-0.3, -0.25) is 4.79 Å². The van der Waals surface area contributed by atoms with Gasteiger partial charge in [0, 0.05) is 24.7 Å². The van der Waals surface area contributed by atoms with Crippen LogP contribution in [0.15, 0.2) is 55.0 Å². The first kappa shape index (κ1) is 20.5. The van der Waals surface area contributed by atoms with Crippen LogP contribution in [0.3, 0.4) is 0 Å². The summed E-state index contributed by atoms with van der Waals surface area (Å²) in [6.45, 7) is 6.47. The van der Waals surface area contributed by atoms with E-state index in [9.17, 15) is 4.79 Å². The van der Waals surface area contributed by atoms with Crippen LogP contribution < -0.4 is 5.32 Å². The molecule has 31 heavy (non-hydrogen) atoms. The summed E-state index contributed by atoms with van der Waals surface area (Å²) < 4.78 is 3.54. The maximum atomic E-state index is 13.0. The number of carbonyl (C=O) groups is 1. The van der Waals surface area contributed by atoms with Crippen LogP contribution >= 0.6 is 0 Å². The molecule has 0 fully saturated rings. The van der Waals surface area contributed by atoms with Crippen molar-refractivity contribution in [2.75, 3.05) is 0 Å². The molecule has 8 heteroatoms. The van der Waals surface area contributed by atoms with Crippen LogP contribution in [0.5, 0.6) is 0 Å². The number of imidazole rings is 1. The molecule has 0 aliphatic heterocycles. The van der Waals surface area contributed by atoms with Gasteiger partial charge < -0.3 is 9.88 Å². The number of nitrogens with one attached hydrogen (secondary N) is 1. The minimum absolute atomic E-state index is 0.138. The summed E-state index contributed by atoms with van der Waals surface area (Å²) in [5.74, 6) is 0.695. The van der Waals surface area contributed by atoms with Crippen molar-refractivity contribution < 1.29 is 4.79 Å². The number of tetrazole rings is 1. The molecular formula is C23H25N7O. The number of rotatable bonds is 6. The molecule has 2 aromatic carbocycles. The molecule has 1 N–H and O–H groups in total. The van der Waals surface area contributed by atoms with Crippen LogP contribution in [-0.4, -0.2) is 35.7 Å². The lowest BCUT2D eigenvalue weighted by atomic mass is 10.0. The third-order valence-electron chi connectivity index (χ3n) is 5.01. The lowest BCUT2D eigenvalue weighted by molar-refractivity contribution is 0.0950. The molecule has 0 aliphatic rings. The average molecular weight is 416 g/mol. The Hall–Kier alpha value is -3.81. The smallest absolute Gasteiger partial charge is 0.251 e. The lowest BCUT2D eigenvalue weighted by Crippen LogP contribution is -2.23. The number of carbonyl (C=O) groups excluding carboxylic acids is 1. The van der Waals surface area contributed by atoms with Gasteiger partial charge >= 0.3 is 0 Å². The van der Waals surface area contributed by atoms with Crippen molar-refractivity contribution in [1.82, 2.24) is 35.1 Å². The zero-order chi connectivity index (χ0) is 22.0. The van der Waals surface area contributed by atoms with Gasteiger partial charge in [-0.1, -0.05) is 43.7 Å². The van der Waals surface area contributed by atoms with E-state index in [0.29, 0.717) is 12.1 Å². The van der Waals surface area contributed by atoms with Crippen molar-refractivity contribution in [2.45, 2.75) is 33.2 Å². The highest BCUT2D eigenvalue weighted by molar-refractivity contribution is 5.96. The van der Waals surface area contributed by atoms with Crippen molar-refractivity contribution in [3.8, 4) is 16.8 Å². The monoisotopic (exact) mass is 415 g/mol. The summed E-state index contributed by atoms with van der Waals surface area (Å²) in [5.41, 5.74) is 5.20. The Balaban J connectivity index is 1.72. The molecule has 0 aliphatic carbocycles. The van der Waals surface area contributed by atoms with Crippen molar-refractivity contribution >= 4 is 5.91 Å².